The Labute approximate surface area is 186 Å². The fraction of sp³-hybridized carbons (Fsp3) is 0.462. The van der Waals surface area contributed by atoms with E-state index in [1.54, 1.807) is 12.1 Å². The van der Waals surface area contributed by atoms with Gasteiger partial charge in [0.2, 0.25) is 0 Å². The second-order valence-corrected chi connectivity index (χ2v) is 8.58. The van der Waals surface area contributed by atoms with Gasteiger partial charge < -0.3 is 10.2 Å². The molecule has 0 aromatic heterocycles. The average Bonchev–Trinajstić information content (AvgIpc) is 2.75. The van der Waals surface area contributed by atoms with Crippen molar-refractivity contribution in [2.24, 2.45) is 9.98 Å². The number of piperidine rings is 1. The molecule has 1 fully saturated rings. The summed E-state index contributed by atoms with van der Waals surface area (Å²) in [7, 11) is 0. The van der Waals surface area contributed by atoms with Gasteiger partial charge in [0, 0.05) is 18.2 Å². The Hall–Kier alpha value is -2.69. The molecule has 0 radical (unpaired) electrons. The second-order valence-electron chi connectivity index (χ2n) is 8.58. The molecule has 1 aliphatic rings. The number of halogens is 1. The maximum Gasteiger partial charge on any atom is 0.200 e. The molecule has 0 amide bonds. The Morgan fingerprint density at radius 3 is 2.42 bits per heavy atom. The fourth-order valence-electron chi connectivity index (χ4n) is 3.98. The van der Waals surface area contributed by atoms with Gasteiger partial charge in [-0.05, 0) is 88.8 Å². The van der Waals surface area contributed by atoms with Crippen molar-refractivity contribution >= 4 is 17.5 Å². The monoisotopic (exact) mass is 422 g/mol. The first kappa shape index (κ1) is 23.0. The van der Waals surface area contributed by atoms with E-state index in [0.29, 0.717) is 11.7 Å². The van der Waals surface area contributed by atoms with E-state index in [0.717, 1.165) is 47.9 Å². The van der Waals surface area contributed by atoms with Gasteiger partial charge in [0.1, 0.15) is 11.7 Å². The van der Waals surface area contributed by atoms with Gasteiger partial charge in [0.25, 0.3) is 0 Å². The van der Waals surface area contributed by atoms with Crippen LogP contribution in [0.4, 0.5) is 10.1 Å². The first-order valence-corrected chi connectivity index (χ1v) is 11.4. The predicted octanol–water partition coefficient (Wildman–Crippen LogP) is 6.14. The number of aryl methyl sites for hydroxylation is 2. The molecule has 2 aromatic carbocycles. The van der Waals surface area contributed by atoms with Crippen LogP contribution in [0.25, 0.3) is 0 Å². The van der Waals surface area contributed by atoms with Gasteiger partial charge in [0.05, 0.1) is 11.7 Å². The molecule has 0 spiro atoms. The second kappa shape index (κ2) is 10.6. The van der Waals surface area contributed by atoms with E-state index in [-0.39, 0.29) is 11.9 Å². The number of rotatable bonds is 4. The van der Waals surface area contributed by atoms with Crippen molar-refractivity contribution in [2.75, 3.05) is 6.54 Å². The van der Waals surface area contributed by atoms with Crippen LogP contribution in [0.3, 0.4) is 0 Å². The van der Waals surface area contributed by atoms with E-state index in [1.165, 1.54) is 25.0 Å². The largest absolute Gasteiger partial charge is 0.340 e. The van der Waals surface area contributed by atoms with E-state index in [1.807, 2.05) is 0 Å². The number of aliphatic imine (C=N–C) groups is 2. The third kappa shape index (κ3) is 5.93. The van der Waals surface area contributed by atoms with Crippen LogP contribution < -0.4 is 5.32 Å². The van der Waals surface area contributed by atoms with Gasteiger partial charge in [-0.3, -0.25) is 0 Å². The molecule has 2 unspecified atom stereocenters. The predicted molar refractivity (Wildman–Crippen MR) is 129 cm³/mol. The number of hydrogen-bond donors (Lipinski definition) is 1. The molecule has 0 bridgehead atoms. The van der Waals surface area contributed by atoms with Crippen LogP contribution >= 0.6 is 0 Å². The maximum atomic E-state index is 13.5. The molecule has 1 N–H and O–H groups in total. The van der Waals surface area contributed by atoms with E-state index in [2.05, 4.69) is 63.0 Å². The molecule has 2 aromatic rings. The van der Waals surface area contributed by atoms with Crippen molar-refractivity contribution in [3.63, 3.8) is 0 Å². The number of benzene rings is 2. The van der Waals surface area contributed by atoms with E-state index < -0.39 is 0 Å². The van der Waals surface area contributed by atoms with Crippen molar-refractivity contribution in [3.8, 4) is 0 Å². The Balaban J connectivity index is 2.08. The fourth-order valence-corrected chi connectivity index (χ4v) is 3.98. The summed E-state index contributed by atoms with van der Waals surface area (Å²) in [5.74, 6) is 1.37. The Morgan fingerprint density at radius 2 is 1.81 bits per heavy atom. The van der Waals surface area contributed by atoms with Gasteiger partial charge in [-0.25, -0.2) is 14.4 Å². The van der Waals surface area contributed by atoms with Crippen molar-refractivity contribution in [1.29, 1.82) is 0 Å². The molecular weight excluding hydrogens is 387 g/mol. The number of amidine groups is 1. The van der Waals surface area contributed by atoms with Crippen molar-refractivity contribution in [1.82, 2.24) is 10.2 Å². The van der Waals surface area contributed by atoms with Crippen LogP contribution in [-0.2, 0) is 0 Å². The van der Waals surface area contributed by atoms with Crippen molar-refractivity contribution < 1.29 is 4.39 Å². The zero-order chi connectivity index (χ0) is 22.4. The molecule has 1 heterocycles. The lowest BCUT2D eigenvalue weighted by molar-refractivity contribution is 0.252. The Morgan fingerprint density at radius 1 is 1.13 bits per heavy atom. The smallest absolute Gasteiger partial charge is 0.200 e. The zero-order valence-electron chi connectivity index (χ0n) is 19.5. The number of guanidine groups is 1. The molecule has 5 heteroatoms. The summed E-state index contributed by atoms with van der Waals surface area (Å²) < 4.78 is 13.5. The lowest BCUT2D eigenvalue weighted by Gasteiger charge is -2.36. The first-order valence-electron chi connectivity index (χ1n) is 11.4. The molecular formula is C26H35FN4. The number of nitrogens with zero attached hydrogens (tertiary/aromatic N) is 3. The van der Waals surface area contributed by atoms with E-state index in [9.17, 15) is 4.39 Å². The first-order chi connectivity index (χ1) is 14.9. The van der Waals surface area contributed by atoms with Gasteiger partial charge >= 0.3 is 0 Å². The van der Waals surface area contributed by atoms with Crippen LogP contribution in [-0.4, -0.2) is 35.3 Å². The molecule has 2 atom stereocenters. The highest BCUT2D eigenvalue weighted by molar-refractivity contribution is 6.11. The summed E-state index contributed by atoms with van der Waals surface area (Å²) in [6.45, 7) is 11.7. The lowest BCUT2D eigenvalue weighted by Crippen LogP contribution is -2.51. The summed E-state index contributed by atoms with van der Waals surface area (Å²) in [5, 5.41) is 3.61. The standard InChI is InChI=1S/C26H35FN4/c1-6-20(4)28-26(31-17-8-7-12-21(31)5)30-25(24-18(2)10-9-11-19(24)3)29-23-15-13-22(27)14-16-23/h9-11,13-16,20-21H,6-8,12,17H2,1-5H3,(H,28,29,30). The SMILES string of the molecule is CCC(C)/N=C(/N/C(=N/c1ccc(F)cc1)c1c(C)cccc1C)N1CCCCC1C. The molecule has 166 valence electrons. The van der Waals surface area contributed by atoms with Gasteiger partial charge in [-0.2, -0.15) is 0 Å². The highest BCUT2D eigenvalue weighted by Crippen LogP contribution is 2.21. The highest BCUT2D eigenvalue weighted by atomic mass is 19.1. The minimum absolute atomic E-state index is 0.210. The maximum absolute atomic E-state index is 13.5. The topological polar surface area (TPSA) is 40.0 Å². The van der Waals surface area contributed by atoms with Crippen LogP contribution in [0.15, 0.2) is 52.4 Å². The molecule has 3 rings (SSSR count). The molecule has 1 aliphatic heterocycles. The summed E-state index contributed by atoms with van der Waals surface area (Å²) in [4.78, 5) is 12.3. The third-order valence-corrected chi connectivity index (χ3v) is 6.02. The molecule has 31 heavy (non-hydrogen) atoms. The normalized spacial score (nSPS) is 18.8. The summed E-state index contributed by atoms with van der Waals surface area (Å²) >= 11 is 0. The summed E-state index contributed by atoms with van der Waals surface area (Å²) in [5.41, 5.74) is 4.06. The quantitative estimate of drug-likeness (QED) is 0.475. The van der Waals surface area contributed by atoms with Crippen LogP contribution in [0, 0.1) is 19.7 Å². The number of likely N-dealkylation sites (tertiary alicyclic amines) is 1. The molecule has 4 nitrogen and oxygen atoms in total. The van der Waals surface area contributed by atoms with Crippen LogP contribution in [0.5, 0.6) is 0 Å². The van der Waals surface area contributed by atoms with Crippen molar-refractivity contribution in [2.45, 2.75) is 72.4 Å². The minimum Gasteiger partial charge on any atom is -0.340 e. The van der Waals surface area contributed by atoms with Gasteiger partial charge in [0.15, 0.2) is 5.96 Å². The zero-order valence-corrected chi connectivity index (χ0v) is 19.5. The van der Waals surface area contributed by atoms with Gasteiger partial charge in [-0.1, -0.05) is 25.1 Å². The third-order valence-electron chi connectivity index (χ3n) is 6.02. The Kier molecular flexibility index (Phi) is 7.83. The molecule has 0 aliphatic carbocycles. The highest BCUT2D eigenvalue weighted by Gasteiger charge is 2.24. The number of nitrogens with one attached hydrogen (secondary N) is 1. The number of hydrogen-bond acceptors (Lipinski definition) is 2. The molecule has 1 saturated heterocycles. The average molecular weight is 423 g/mol. The van der Waals surface area contributed by atoms with E-state index in [4.69, 9.17) is 9.98 Å². The van der Waals surface area contributed by atoms with Crippen LogP contribution in [0.1, 0.15) is 63.1 Å². The van der Waals surface area contributed by atoms with E-state index >= 15 is 0 Å². The summed E-state index contributed by atoms with van der Waals surface area (Å²) in [6.07, 6.45) is 4.55. The van der Waals surface area contributed by atoms with Crippen LogP contribution in [0.2, 0.25) is 0 Å². The van der Waals surface area contributed by atoms with Gasteiger partial charge in [-0.15, -0.1) is 0 Å². The lowest BCUT2D eigenvalue weighted by atomic mass is 10.0. The summed E-state index contributed by atoms with van der Waals surface area (Å²) in [6, 6.07) is 13.2. The molecule has 0 saturated carbocycles. The van der Waals surface area contributed by atoms with Crippen molar-refractivity contribution in [3.05, 3.63) is 65.0 Å². The Bertz CT molecular complexity index is 913. The minimum atomic E-state index is -0.262.